The van der Waals surface area contributed by atoms with Gasteiger partial charge in [-0.25, -0.2) is 4.98 Å². The van der Waals surface area contributed by atoms with Crippen molar-refractivity contribution in [3.8, 4) is 0 Å². The van der Waals surface area contributed by atoms with E-state index < -0.39 is 0 Å². The molecule has 0 spiro atoms. The van der Waals surface area contributed by atoms with E-state index >= 15 is 0 Å². The molecular weight excluding hydrogens is 238 g/mol. The SMILES string of the molecule is CNc1cc(C(=O)NCC2(C)CC2)c(Cl)cn1. The fourth-order valence-electron chi connectivity index (χ4n) is 1.53. The molecule has 1 aliphatic carbocycles. The molecule has 0 atom stereocenters. The lowest BCUT2D eigenvalue weighted by Gasteiger charge is -2.11. The molecule has 0 radical (unpaired) electrons. The van der Waals surface area contributed by atoms with Gasteiger partial charge in [-0.2, -0.15) is 0 Å². The Morgan fingerprint density at radius 1 is 1.59 bits per heavy atom. The molecular formula is C12H16ClN3O. The minimum atomic E-state index is -0.137. The summed E-state index contributed by atoms with van der Waals surface area (Å²) in [6, 6.07) is 1.66. The zero-order valence-corrected chi connectivity index (χ0v) is 10.8. The van der Waals surface area contributed by atoms with Gasteiger partial charge >= 0.3 is 0 Å². The first-order chi connectivity index (χ1) is 8.04. The molecule has 1 heterocycles. The monoisotopic (exact) mass is 253 g/mol. The van der Waals surface area contributed by atoms with Gasteiger partial charge in [0.1, 0.15) is 5.82 Å². The predicted molar refractivity (Wildman–Crippen MR) is 68.5 cm³/mol. The molecule has 0 bridgehead atoms. The second-order valence-electron chi connectivity index (χ2n) is 4.79. The third-order valence-corrected chi connectivity index (χ3v) is 3.44. The Kier molecular flexibility index (Phi) is 3.24. The lowest BCUT2D eigenvalue weighted by Crippen LogP contribution is -2.29. The lowest BCUT2D eigenvalue weighted by molar-refractivity contribution is 0.0946. The number of halogens is 1. The summed E-state index contributed by atoms with van der Waals surface area (Å²) in [6.45, 7) is 2.87. The van der Waals surface area contributed by atoms with Gasteiger partial charge in [0.05, 0.1) is 10.6 Å². The number of anilines is 1. The van der Waals surface area contributed by atoms with Crippen molar-refractivity contribution in [3.63, 3.8) is 0 Å². The lowest BCUT2D eigenvalue weighted by atomic mass is 10.1. The van der Waals surface area contributed by atoms with Crippen LogP contribution in [0.1, 0.15) is 30.1 Å². The first-order valence-corrected chi connectivity index (χ1v) is 6.03. The molecule has 5 heteroatoms. The van der Waals surface area contributed by atoms with Crippen molar-refractivity contribution in [3.05, 3.63) is 22.8 Å². The maximum Gasteiger partial charge on any atom is 0.253 e. The molecule has 4 nitrogen and oxygen atoms in total. The molecule has 17 heavy (non-hydrogen) atoms. The van der Waals surface area contributed by atoms with Crippen molar-refractivity contribution in [1.82, 2.24) is 10.3 Å². The van der Waals surface area contributed by atoms with Crippen LogP contribution < -0.4 is 10.6 Å². The predicted octanol–water partition coefficient (Wildman–Crippen LogP) is 2.31. The highest BCUT2D eigenvalue weighted by molar-refractivity contribution is 6.33. The molecule has 2 rings (SSSR count). The van der Waals surface area contributed by atoms with Crippen molar-refractivity contribution in [2.24, 2.45) is 5.41 Å². The van der Waals surface area contributed by atoms with Crippen LogP contribution in [0.15, 0.2) is 12.3 Å². The first kappa shape index (κ1) is 12.2. The third-order valence-electron chi connectivity index (χ3n) is 3.14. The Balaban J connectivity index is 2.06. The van der Waals surface area contributed by atoms with Gasteiger partial charge in [-0.05, 0) is 24.3 Å². The van der Waals surface area contributed by atoms with E-state index in [0.717, 1.165) is 0 Å². The van der Waals surface area contributed by atoms with E-state index in [-0.39, 0.29) is 5.91 Å². The highest BCUT2D eigenvalue weighted by Crippen LogP contribution is 2.44. The minimum absolute atomic E-state index is 0.137. The van der Waals surface area contributed by atoms with E-state index in [1.807, 2.05) is 0 Å². The van der Waals surface area contributed by atoms with Crippen LogP contribution in [-0.2, 0) is 0 Å². The standard InChI is InChI=1S/C12H16ClN3O/c1-12(3-4-12)7-16-11(17)8-5-10(14-2)15-6-9(8)13/h5-6H,3-4,7H2,1-2H3,(H,14,15)(H,16,17). The van der Waals surface area contributed by atoms with Crippen molar-refractivity contribution in [1.29, 1.82) is 0 Å². The molecule has 1 fully saturated rings. The summed E-state index contributed by atoms with van der Waals surface area (Å²) in [5.41, 5.74) is 0.761. The topological polar surface area (TPSA) is 54.0 Å². The van der Waals surface area contributed by atoms with Crippen molar-refractivity contribution in [2.75, 3.05) is 18.9 Å². The van der Waals surface area contributed by atoms with Gasteiger partial charge in [-0.15, -0.1) is 0 Å². The average Bonchev–Trinajstić information content (AvgIpc) is 3.06. The van der Waals surface area contributed by atoms with Gasteiger partial charge < -0.3 is 10.6 Å². The van der Waals surface area contributed by atoms with Crippen molar-refractivity contribution < 1.29 is 4.79 Å². The number of carbonyl (C=O) groups excluding carboxylic acids is 1. The Labute approximate surface area is 106 Å². The molecule has 1 aromatic heterocycles. The van der Waals surface area contributed by atoms with Crippen LogP contribution in [0, 0.1) is 5.41 Å². The molecule has 1 aliphatic rings. The molecule has 0 unspecified atom stereocenters. The Hall–Kier alpha value is -1.29. The Morgan fingerprint density at radius 3 is 2.88 bits per heavy atom. The number of nitrogens with zero attached hydrogens (tertiary/aromatic N) is 1. The minimum Gasteiger partial charge on any atom is -0.373 e. The van der Waals surface area contributed by atoms with Crippen LogP contribution in [0.5, 0.6) is 0 Å². The van der Waals surface area contributed by atoms with Crippen molar-refractivity contribution in [2.45, 2.75) is 19.8 Å². The zero-order chi connectivity index (χ0) is 12.5. The first-order valence-electron chi connectivity index (χ1n) is 5.66. The highest BCUT2D eigenvalue weighted by Gasteiger charge is 2.37. The number of aromatic nitrogens is 1. The van der Waals surface area contributed by atoms with Crippen LogP contribution in [0.4, 0.5) is 5.82 Å². The molecule has 1 amide bonds. The van der Waals surface area contributed by atoms with E-state index in [1.165, 1.54) is 19.0 Å². The normalized spacial score (nSPS) is 16.4. The van der Waals surface area contributed by atoms with Gasteiger partial charge in [0, 0.05) is 19.8 Å². The summed E-state index contributed by atoms with van der Waals surface area (Å²) in [4.78, 5) is 16.0. The Bertz CT molecular complexity index is 443. The van der Waals surface area contributed by atoms with Crippen LogP contribution in [-0.4, -0.2) is 24.5 Å². The number of amides is 1. The third kappa shape index (κ3) is 2.88. The largest absolute Gasteiger partial charge is 0.373 e. The summed E-state index contributed by atoms with van der Waals surface area (Å²) in [7, 11) is 1.75. The van der Waals surface area contributed by atoms with E-state index in [2.05, 4.69) is 22.5 Å². The second-order valence-corrected chi connectivity index (χ2v) is 5.20. The molecule has 0 aliphatic heterocycles. The summed E-state index contributed by atoms with van der Waals surface area (Å²) >= 11 is 5.96. The molecule has 0 saturated heterocycles. The van der Waals surface area contributed by atoms with Crippen LogP contribution in [0.3, 0.4) is 0 Å². The van der Waals surface area contributed by atoms with Crippen LogP contribution in [0.2, 0.25) is 5.02 Å². The molecule has 1 saturated carbocycles. The molecule has 0 aromatic carbocycles. The fraction of sp³-hybridized carbons (Fsp3) is 0.500. The van der Waals surface area contributed by atoms with Gasteiger partial charge in [0.25, 0.3) is 5.91 Å². The van der Waals surface area contributed by atoms with Gasteiger partial charge in [-0.3, -0.25) is 4.79 Å². The number of hydrogen-bond donors (Lipinski definition) is 2. The van der Waals surface area contributed by atoms with E-state index in [4.69, 9.17) is 11.6 Å². The molecule has 2 N–H and O–H groups in total. The zero-order valence-electron chi connectivity index (χ0n) is 10.0. The van der Waals surface area contributed by atoms with E-state index in [0.29, 0.717) is 28.4 Å². The van der Waals surface area contributed by atoms with Crippen molar-refractivity contribution >= 4 is 23.3 Å². The highest BCUT2D eigenvalue weighted by atomic mass is 35.5. The smallest absolute Gasteiger partial charge is 0.253 e. The maximum atomic E-state index is 12.0. The Morgan fingerprint density at radius 2 is 2.29 bits per heavy atom. The summed E-state index contributed by atoms with van der Waals surface area (Å²) in [5, 5.41) is 6.18. The molecule has 1 aromatic rings. The number of pyridine rings is 1. The van der Waals surface area contributed by atoms with E-state index in [1.54, 1.807) is 13.1 Å². The summed E-state index contributed by atoms with van der Waals surface area (Å²) < 4.78 is 0. The number of rotatable bonds is 4. The van der Waals surface area contributed by atoms with Gasteiger partial charge in [0.15, 0.2) is 0 Å². The number of hydrogen-bond acceptors (Lipinski definition) is 3. The number of carbonyl (C=O) groups is 1. The maximum absolute atomic E-state index is 12.0. The van der Waals surface area contributed by atoms with E-state index in [9.17, 15) is 4.79 Å². The molecule has 92 valence electrons. The van der Waals surface area contributed by atoms with Gasteiger partial charge in [0.2, 0.25) is 0 Å². The number of nitrogens with one attached hydrogen (secondary N) is 2. The van der Waals surface area contributed by atoms with Crippen LogP contribution in [0.25, 0.3) is 0 Å². The second kappa shape index (κ2) is 4.53. The fourth-order valence-corrected chi connectivity index (χ4v) is 1.72. The van der Waals surface area contributed by atoms with Gasteiger partial charge in [-0.1, -0.05) is 18.5 Å². The quantitative estimate of drug-likeness (QED) is 0.866. The average molecular weight is 254 g/mol. The summed E-state index contributed by atoms with van der Waals surface area (Å²) in [5.74, 6) is 0.499. The van der Waals surface area contributed by atoms with Crippen LogP contribution >= 0.6 is 11.6 Å². The summed E-state index contributed by atoms with van der Waals surface area (Å²) in [6.07, 6.45) is 3.85.